The van der Waals surface area contributed by atoms with Crippen molar-refractivity contribution in [2.45, 2.75) is 47.1 Å². The molecule has 0 amide bonds. The Morgan fingerprint density at radius 1 is 1.24 bits per heavy atom. The quantitative estimate of drug-likeness (QED) is 0.880. The van der Waals surface area contributed by atoms with E-state index in [9.17, 15) is 0 Å². The maximum absolute atomic E-state index is 3.66. The van der Waals surface area contributed by atoms with Crippen molar-refractivity contribution in [1.29, 1.82) is 0 Å². The van der Waals surface area contributed by atoms with E-state index in [0.29, 0.717) is 11.5 Å². The van der Waals surface area contributed by atoms with Crippen LogP contribution in [0.4, 0.5) is 0 Å². The van der Waals surface area contributed by atoms with Gasteiger partial charge in [0.25, 0.3) is 0 Å². The number of likely N-dealkylation sites (N-methyl/N-ethyl adjacent to an activating group) is 1. The minimum atomic E-state index is 0.437. The molecule has 0 aliphatic carbocycles. The summed E-state index contributed by atoms with van der Waals surface area (Å²) in [7, 11) is 0. The Labute approximate surface area is 130 Å². The molecule has 0 aromatic heterocycles. The maximum Gasteiger partial charge on any atom is 0.0449 e. The van der Waals surface area contributed by atoms with Gasteiger partial charge in [-0.3, -0.25) is 0 Å². The van der Waals surface area contributed by atoms with Crippen molar-refractivity contribution in [2.75, 3.05) is 26.2 Å². The molecule has 0 saturated carbocycles. The van der Waals surface area contributed by atoms with Crippen molar-refractivity contribution >= 4 is 0 Å². The van der Waals surface area contributed by atoms with Crippen molar-refractivity contribution < 1.29 is 0 Å². The van der Waals surface area contributed by atoms with Crippen LogP contribution < -0.4 is 5.32 Å². The zero-order valence-electron chi connectivity index (χ0n) is 14.4. The number of rotatable bonds is 5. The molecule has 118 valence electrons. The standard InChI is InChI=1S/C19H32N2/c1-6-20-18(16-9-7-15(2)8-10-16)14-21-12-11-17(13-21)19(3,4)5/h7-10,17-18,20H,6,11-14H2,1-5H3. The summed E-state index contributed by atoms with van der Waals surface area (Å²) in [5, 5.41) is 3.66. The first-order valence-electron chi connectivity index (χ1n) is 8.42. The summed E-state index contributed by atoms with van der Waals surface area (Å²) in [5.74, 6) is 0.831. The summed E-state index contributed by atoms with van der Waals surface area (Å²) in [5.41, 5.74) is 3.19. The monoisotopic (exact) mass is 288 g/mol. The molecule has 0 spiro atoms. The number of benzene rings is 1. The third-order valence-corrected chi connectivity index (χ3v) is 4.87. The summed E-state index contributed by atoms with van der Waals surface area (Å²) in [6.45, 7) is 16.1. The van der Waals surface area contributed by atoms with Crippen LogP contribution in [0.1, 0.15) is 51.3 Å². The molecule has 1 N–H and O–H groups in total. The third-order valence-electron chi connectivity index (χ3n) is 4.87. The zero-order valence-corrected chi connectivity index (χ0v) is 14.4. The fraction of sp³-hybridized carbons (Fsp3) is 0.684. The lowest BCUT2D eigenvalue weighted by molar-refractivity contribution is 0.219. The highest BCUT2D eigenvalue weighted by atomic mass is 15.2. The predicted molar refractivity (Wildman–Crippen MR) is 91.6 cm³/mol. The van der Waals surface area contributed by atoms with E-state index in [1.54, 1.807) is 0 Å². The molecule has 1 heterocycles. The van der Waals surface area contributed by atoms with E-state index in [1.165, 1.54) is 30.6 Å². The lowest BCUT2D eigenvalue weighted by Crippen LogP contribution is -2.35. The second-order valence-corrected chi connectivity index (χ2v) is 7.63. The van der Waals surface area contributed by atoms with Crippen molar-refractivity contribution in [1.82, 2.24) is 10.2 Å². The lowest BCUT2D eigenvalue weighted by Gasteiger charge is -2.29. The van der Waals surface area contributed by atoms with Gasteiger partial charge in [0.1, 0.15) is 0 Å². The van der Waals surface area contributed by atoms with Gasteiger partial charge in [0.2, 0.25) is 0 Å². The second-order valence-electron chi connectivity index (χ2n) is 7.63. The Bertz CT molecular complexity index is 430. The highest BCUT2D eigenvalue weighted by molar-refractivity contribution is 5.24. The highest BCUT2D eigenvalue weighted by Gasteiger charge is 2.32. The van der Waals surface area contributed by atoms with E-state index in [1.807, 2.05) is 0 Å². The first-order valence-corrected chi connectivity index (χ1v) is 8.42. The first kappa shape index (κ1) is 16.5. The van der Waals surface area contributed by atoms with Crippen LogP contribution in [0.25, 0.3) is 0 Å². The minimum Gasteiger partial charge on any atom is -0.309 e. The first-order chi connectivity index (χ1) is 9.90. The minimum absolute atomic E-state index is 0.437. The molecular formula is C19H32N2. The van der Waals surface area contributed by atoms with E-state index < -0.39 is 0 Å². The number of hydrogen-bond acceptors (Lipinski definition) is 2. The van der Waals surface area contributed by atoms with Crippen LogP contribution in [-0.4, -0.2) is 31.1 Å². The predicted octanol–water partition coefficient (Wildman–Crippen LogP) is 4.01. The Hall–Kier alpha value is -0.860. The Morgan fingerprint density at radius 2 is 1.90 bits per heavy atom. The molecule has 2 heteroatoms. The van der Waals surface area contributed by atoms with Gasteiger partial charge in [0, 0.05) is 19.1 Å². The van der Waals surface area contributed by atoms with Crippen LogP contribution in [-0.2, 0) is 0 Å². The van der Waals surface area contributed by atoms with E-state index in [0.717, 1.165) is 19.0 Å². The average molecular weight is 288 g/mol. The number of likely N-dealkylation sites (tertiary alicyclic amines) is 1. The van der Waals surface area contributed by atoms with Crippen molar-refractivity contribution in [3.63, 3.8) is 0 Å². The SMILES string of the molecule is CCNC(CN1CCC(C(C)(C)C)C1)c1ccc(C)cc1. The molecule has 2 atom stereocenters. The van der Waals surface area contributed by atoms with Crippen molar-refractivity contribution in [3.05, 3.63) is 35.4 Å². The third kappa shape index (κ3) is 4.55. The second kappa shape index (κ2) is 6.93. The molecule has 1 aromatic carbocycles. The molecule has 1 aliphatic rings. The lowest BCUT2D eigenvalue weighted by atomic mass is 9.80. The molecule has 0 radical (unpaired) electrons. The summed E-state index contributed by atoms with van der Waals surface area (Å²) >= 11 is 0. The maximum atomic E-state index is 3.66. The van der Waals surface area contributed by atoms with Gasteiger partial charge in [-0.1, -0.05) is 57.5 Å². The van der Waals surface area contributed by atoms with E-state index >= 15 is 0 Å². The zero-order chi connectivity index (χ0) is 15.5. The summed E-state index contributed by atoms with van der Waals surface area (Å²) in [6.07, 6.45) is 1.34. The van der Waals surface area contributed by atoms with Crippen LogP contribution in [0.5, 0.6) is 0 Å². The van der Waals surface area contributed by atoms with Crippen molar-refractivity contribution in [3.8, 4) is 0 Å². The van der Waals surface area contributed by atoms with Gasteiger partial charge >= 0.3 is 0 Å². The molecule has 1 aromatic rings. The van der Waals surface area contributed by atoms with Crippen molar-refractivity contribution in [2.24, 2.45) is 11.3 Å². The summed E-state index contributed by atoms with van der Waals surface area (Å²) in [6, 6.07) is 9.46. The summed E-state index contributed by atoms with van der Waals surface area (Å²) < 4.78 is 0. The molecule has 2 unspecified atom stereocenters. The van der Waals surface area contributed by atoms with Gasteiger partial charge in [0.05, 0.1) is 0 Å². The molecular weight excluding hydrogens is 256 g/mol. The Balaban J connectivity index is 1.99. The van der Waals surface area contributed by atoms with Crippen LogP contribution >= 0.6 is 0 Å². The largest absolute Gasteiger partial charge is 0.309 e. The van der Waals surface area contributed by atoms with Gasteiger partial charge in [-0.2, -0.15) is 0 Å². The fourth-order valence-corrected chi connectivity index (χ4v) is 3.30. The molecule has 0 bridgehead atoms. The number of hydrogen-bond donors (Lipinski definition) is 1. The molecule has 1 aliphatic heterocycles. The topological polar surface area (TPSA) is 15.3 Å². The normalized spacial score (nSPS) is 21.7. The van der Waals surface area contributed by atoms with Gasteiger partial charge in [-0.25, -0.2) is 0 Å². The van der Waals surface area contributed by atoms with Gasteiger partial charge in [-0.15, -0.1) is 0 Å². The summed E-state index contributed by atoms with van der Waals surface area (Å²) in [4.78, 5) is 2.64. The highest BCUT2D eigenvalue weighted by Crippen LogP contribution is 2.34. The number of aryl methyl sites for hydroxylation is 1. The molecule has 2 rings (SSSR count). The number of nitrogens with one attached hydrogen (secondary N) is 1. The van der Waals surface area contributed by atoms with E-state index in [2.05, 4.69) is 69.1 Å². The number of nitrogens with zero attached hydrogens (tertiary/aromatic N) is 1. The molecule has 1 fully saturated rings. The van der Waals surface area contributed by atoms with Crippen LogP contribution in [0.3, 0.4) is 0 Å². The van der Waals surface area contributed by atoms with Crippen LogP contribution in [0.15, 0.2) is 24.3 Å². The fourth-order valence-electron chi connectivity index (χ4n) is 3.30. The Morgan fingerprint density at radius 3 is 2.43 bits per heavy atom. The van der Waals surface area contributed by atoms with Crippen LogP contribution in [0.2, 0.25) is 0 Å². The van der Waals surface area contributed by atoms with E-state index in [-0.39, 0.29) is 0 Å². The molecule has 2 nitrogen and oxygen atoms in total. The smallest absolute Gasteiger partial charge is 0.0449 e. The molecule has 21 heavy (non-hydrogen) atoms. The van der Waals surface area contributed by atoms with Gasteiger partial charge in [0.15, 0.2) is 0 Å². The van der Waals surface area contributed by atoms with Crippen LogP contribution in [0, 0.1) is 18.3 Å². The Kier molecular flexibility index (Phi) is 5.45. The average Bonchev–Trinajstić information content (AvgIpc) is 2.88. The molecule has 1 saturated heterocycles. The van der Waals surface area contributed by atoms with Gasteiger partial charge < -0.3 is 10.2 Å². The van der Waals surface area contributed by atoms with Gasteiger partial charge in [-0.05, 0) is 43.3 Å². The van der Waals surface area contributed by atoms with E-state index in [4.69, 9.17) is 0 Å².